The molecule has 0 aliphatic heterocycles. The standard InChI is InChI=1S/C3H4BN/c4-2-1-3-5/h1-3,5H/b2-1+,5-3?. The molecule has 0 atom stereocenters. The Morgan fingerprint density at radius 1 is 1.60 bits per heavy atom. The van der Waals surface area contributed by atoms with Gasteiger partial charge in [0.15, 0.2) is 0 Å². The monoisotopic (exact) mass is 65.0 g/mol. The Hall–Kier alpha value is -0.525. The maximum Gasteiger partial charge on any atom is 0.102 e. The zero-order chi connectivity index (χ0) is 4.12. The molecule has 0 aliphatic carbocycles. The molecule has 2 heteroatoms. The highest BCUT2D eigenvalue weighted by atomic mass is 14.3. The third kappa shape index (κ3) is 3.47. The first-order chi connectivity index (χ1) is 2.41. The molecule has 24 valence electrons. The van der Waals surface area contributed by atoms with E-state index in [1.54, 1.807) is 0 Å². The third-order valence-electron chi connectivity index (χ3n) is 0.207. The van der Waals surface area contributed by atoms with E-state index in [1.807, 2.05) is 0 Å². The molecule has 0 aliphatic rings. The Morgan fingerprint density at radius 3 is 2.20 bits per heavy atom. The molecule has 5 heavy (non-hydrogen) atoms. The van der Waals surface area contributed by atoms with Crippen molar-refractivity contribution in [3.63, 3.8) is 0 Å². The molecular formula is C3H4BN. The fraction of sp³-hybridized carbons (Fsp3) is 0. The van der Waals surface area contributed by atoms with E-state index in [-0.39, 0.29) is 0 Å². The normalized spacial score (nSPS) is 8.80. The predicted octanol–water partition coefficient (Wildman–Crippen LogP) is 0.318. The van der Waals surface area contributed by atoms with Crippen molar-refractivity contribution in [2.75, 3.05) is 0 Å². The van der Waals surface area contributed by atoms with Crippen molar-refractivity contribution in [1.82, 2.24) is 0 Å². The molecule has 1 nitrogen and oxygen atoms in total. The number of hydrogen-bond donors (Lipinski definition) is 1. The predicted molar refractivity (Wildman–Crippen MR) is 23.7 cm³/mol. The lowest BCUT2D eigenvalue weighted by atomic mass is 10.1. The molecule has 0 saturated carbocycles. The minimum absolute atomic E-state index is 1.12. The van der Waals surface area contributed by atoms with Crippen molar-refractivity contribution < 1.29 is 0 Å². The van der Waals surface area contributed by atoms with E-state index in [9.17, 15) is 0 Å². The first-order valence-corrected chi connectivity index (χ1v) is 1.29. The molecule has 0 aromatic carbocycles. The summed E-state index contributed by atoms with van der Waals surface area (Å²) in [5.41, 5.74) is 0. The first-order valence-electron chi connectivity index (χ1n) is 1.29. The average molecular weight is 64.9 g/mol. The van der Waals surface area contributed by atoms with Crippen molar-refractivity contribution in [1.29, 1.82) is 5.41 Å². The summed E-state index contributed by atoms with van der Waals surface area (Å²) in [4.78, 5) is 0. The first kappa shape index (κ1) is 4.47. The highest BCUT2D eigenvalue weighted by Gasteiger charge is 1.44. The Kier molecular flexibility index (Phi) is 3.11. The minimum atomic E-state index is 1.12. The number of rotatable bonds is 1. The summed E-state index contributed by atoms with van der Waals surface area (Å²) in [7, 11) is 4.81. The minimum Gasteiger partial charge on any atom is -0.309 e. The van der Waals surface area contributed by atoms with Crippen LogP contribution < -0.4 is 0 Å². The van der Waals surface area contributed by atoms with E-state index in [2.05, 4.69) is 0 Å². The van der Waals surface area contributed by atoms with Gasteiger partial charge in [0.25, 0.3) is 0 Å². The molecule has 0 rings (SSSR count). The zero-order valence-corrected chi connectivity index (χ0v) is 2.81. The zero-order valence-electron chi connectivity index (χ0n) is 2.81. The summed E-state index contributed by atoms with van der Waals surface area (Å²) in [6.07, 6.45) is 2.57. The molecule has 2 radical (unpaired) electrons. The van der Waals surface area contributed by atoms with E-state index in [4.69, 9.17) is 13.3 Å². The average Bonchev–Trinajstić information content (AvgIpc) is 1.41. The van der Waals surface area contributed by atoms with E-state index >= 15 is 0 Å². The highest BCUT2D eigenvalue weighted by molar-refractivity contribution is 6.18. The van der Waals surface area contributed by atoms with Crippen LogP contribution in [-0.4, -0.2) is 14.1 Å². The van der Waals surface area contributed by atoms with Crippen molar-refractivity contribution in [2.24, 2.45) is 0 Å². The van der Waals surface area contributed by atoms with Gasteiger partial charge in [0.2, 0.25) is 0 Å². The van der Waals surface area contributed by atoms with Crippen LogP contribution in [0.4, 0.5) is 0 Å². The Morgan fingerprint density at radius 2 is 2.20 bits per heavy atom. The quantitative estimate of drug-likeness (QED) is 0.336. The summed E-state index contributed by atoms with van der Waals surface area (Å²) in [5.74, 6) is 1.31. The van der Waals surface area contributed by atoms with Gasteiger partial charge in [0.05, 0.1) is 0 Å². The number of nitrogens with one attached hydrogen (secondary N) is 1. The van der Waals surface area contributed by atoms with Crippen LogP contribution in [0.3, 0.4) is 0 Å². The fourth-order valence-electron chi connectivity index (χ4n) is 0.0556. The van der Waals surface area contributed by atoms with Crippen LogP contribution in [0.5, 0.6) is 0 Å². The van der Waals surface area contributed by atoms with Crippen LogP contribution >= 0.6 is 0 Å². The topological polar surface area (TPSA) is 23.9 Å². The lowest BCUT2D eigenvalue weighted by molar-refractivity contribution is 1.58. The molecular weight excluding hydrogens is 60.9 g/mol. The molecule has 0 unspecified atom stereocenters. The summed E-state index contributed by atoms with van der Waals surface area (Å²) in [6, 6.07) is 0. The second-order valence-corrected chi connectivity index (χ2v) is 0.552. The van der Waals surface area contributed by atoms with Gasteiger partial charge in [0, 0.05) is 6.21 Å². The van der Waals surface area contributed by atoms with E-state index in [0.29, 0.717) is 0 Å². The van der Waals surface area contributed by atoms with Gasteiger partial charge in [-0.2, -0.15) is 0 Å². The molecule has 1 N–H and O–H groups in total. The van der Waals surface area contributed by atoms with Crippen LogP contribution in [0.25, 0.3) is 0 Å². The van der Waals surface area contributed by atoms with Crippen molar-refractivity contribution in [3.05, 3.63) is 12.1 Å². The Bertz CT molecular complexity index is 48.9. The van der Waals surface area contributed by atoms with Crippen molar-refractivity contribution >= 4 is 14.1 Å². The molecule has 0 bridgehead atoms. The number of hydrogen-bond acceptors (Lipinski definition) is 1. The highest BCUT2D eigenvalue weighted by Crippen LogP contribution is 1.49. The fourth-order valence-corrected chi connectivity index (χ4v) is 0.0556. The third-order valence-corrected chi connectivity index (χ3v) is 0.207. The van der Waals surface area contributed by atoms with Gasteiger partial charge in [-0.1, -0.05) is 6.08 Å². The largest absolute Gasteiger partial charge is 0.309 e. The second-order valence-electron chi connectivity index (χ2n) is 0.552. The summed E-state index contributed by atoms with van der Waals surface area (Å²) >= 11 is 0. The van der Waals surface area contributed by atoms with Gasteiger partial charge >= 0.3 is 0 Å². The summed E-state index contributed by atoms with van der Waals surface area (Å²) in [5, 5.41) is 6.31. The molecule has 0 spiro atoms. The molecule has 0 heterocycles. The van der Waals surface area contributed by atoms with E-state index in [0.717, 1.165) is 6.21 Å². The van der Waals surface area contributed by atoms with Crippen LogP contribution in [0, 0.1) is 5.41 Å². The molecule has 0 aromatic heterocycles. The lowest BCUT2D eigenvalue weighted by Gasteiger charge is -1.54. The second kappa shape index (κ2) is 3.47. The SMILES string of the molecule is [B]/C=C/C=N. The van der Waals surface area contributed by atoms with Gasteiger partial charge in [-0.25, -0.2) is 0 Å². The van der Waals surface area contributed by atoms with Crippen molar-refractivity contribution in [2.45, 2.75) is 0 Å². The van der Waals surface area contributed by atoms with Gasteiger partial charge < -0.3 is 5.41 Å². The van der Waals surface area contributed by atoms with Gasteiger partial charge in [-0.3, -0.25) is 0 Å². The van der Waals surface area contributed by atoms with Gasteiger partial charge in [-0.15, -0.1) is 5.98 Å². The Labute approximate surface area is 32.6 Å². The van der Waals surface area contributed by atoms with Crippen LogP contribution in [0.2, 0.25) is 0 Å². The molecule has 0 aromatic rings. The van der Waals surface area contributed by atoms with Gasteiger partial charge in [-0.05, 0) is 0 Å². The van der Waals surface area contributed by atoms with Crippen LogP contribution in [0.15, 0.2) is 12.1 Å². The van der Waals surface area contributed by atoms with Crippen LogP contribution in [0.1, 0.15) is 0 Å². The van der Waals surface area contributed by atoms with E-state index < -0.39 is 0 Å². The molecule has 0 fully saturated rings. The smallest absolute Gasteiger partial charge is 0.102 e. The Balaban J connectivity index is 2.92. The van der Waals surface area contributed by atoms with Crippen molar-refractivity contribution in [3.8, 4) is 0 Å². The maximum absolute atomic E-state index is 6.31. The van der Waals surface area contributed by atoms with Gasteiger partial charge in [0.1, 0.15) is 7.85 Å². The molecule has 0 amide bonds. The van der Waals surface area contributed by atoms with E-state index in [1.165, 1.54) is 12.1 Å². The van der Waals surface area contributed by atoms with Crippen LogP contribution in [-0.2, 0) is 0 Å². The summed E-state index contributed by atoms with van der Waals surface area (Å²) in [6.45, 7) is 0. The lowest BCUT2D eigenvalue weighted by Crippen LogP contribution is -1.53. The number of allylic oxidation sites excluding steroid dienone is 1. The molecule has 0 saturated heterocycles. The summed E-state index contributed by atoms with van der Waals surface area (Å²) < 4.78 is 0. The maximum atomic E-state index is 6.31.